The van der Waals surface area contributed by atoms with Crippen molar-refractivity contribution in [3.05, 3.63) is 39.5 Å². The molecule has 6 nitrogen and oxygen atoms in total. The predicted octanol–water partition coefficient (Wildman–Crippen LogP) is 2.84. The van der Waals surface area contributed by atoms with Crippen LogP contribution in [0.1, 0.15) is 17.2 Å². The molecule has 0 radical (unpaired) electrons. The van der Waals surface area contributed by atoms with Gasteiger partial charge in [-0.3, -0.25) is 4.98 Å². The smallest absolute Gasteiger partial charge is 0.149 e. The maximum atomic E-state index is 9.05. The van der Waals surface area contributed by atoms with Gasteiger partial charge in [0.15, 0.2) is 0 Å². The van der Waals surface area contributed by atoms with Crippen molar-refractivity contribution < 1.29 is 5.11 Å². The molecule has 0 aliphatic carbocycles. The van der Waals surface area contributed by atoms with Crippen LogP contribution in [0.4, 0.5) is 11.5 Å². The molecule has 0 aliphatic rings. The predicted molar refractivity (Wildman–Crippen MR) is 93.4 cm³/mol. The highest BCUT2D eigenvalue weighted by molar-refractivity contribution is 6.34. The Labute approximate surface area is 145 Å². The molecule has 0 amide bonds. The molecular formula is C15H19Cl2N5O. The minimum atomic E-state index is 0.0534. The monoisotopic (exact) mass is 355 g/mol. The minimum absolute atomic E-state index is 0.0534. The van der Waals surface area contributed by atoms with Crippen molar-refractivity contribution in [3.8, 4) is 0 Å². The molecule has 124 valence electrons. The lowest BCUT2D eigenvalue weighted by Gasteiger charge is -2.20. The topological polar surface area (TPSA) is 74.2 Å². The van der Waals surface area contributed by atoms with Crippen molar-refractivity contribution in [2.24, 2.45) is 0 Å². The third-order valence-corrected chi connectivity index (χ3v) is 4.20. The van der Waals surface area contributed by atoms with E-state index in [0.717, 1.165) is 11.4 Å². The highest BCUT2D eigenvalue weighted by Crippen LogP contribution is 2.28. The summed E-state index contributed by atoms with van der Waals surface area (Å²) in [7, 11) is 1.86. The third-order valence-electron chi connectivity index (χ3n) is 3.34. The summed E-state index contributed by atoms with van der Waals surface area (Å²) in [6.07, 6.45) is 1.68. The van der Waals surface area contributed by atoms with Gasteiger partial charge in [0.05, 0.1) is 35.2 Å². The first-order chi connectivity index (χ1) is 10.9. The van der Waals surface area contributed by atoms with E-state index in [1.54, 1.807) is 6.20 Å². The van der Waals surface area contributed by atoms with Gasteiger partial charge in [0, 0.05) is 19.8 Å². The number of rotatable bonds is 6. The Hall–Kier alpha value is -1.63. The largest absolute Gasteiger partial charge is 0.395 e. The number of pyridine rings is 1. The molecule has 0 bridgehead atoms. The SMILES string of the molecule is Cc1nc(C)c(Cl)c(NCc2nccc(N(C)CCO)c2Cl)n1. The second-order valence-electron chi connectivity index (χ2n) is 5.11. The fourth-order valence-corrected chi connectivity index (χ4v) is 2.62. The first-order valence-corrected chi connectivity index (χ1v) is 7.89. The summed E-state index contributed by atoms with van der Waals surface area (Å²) >= 11 is 12.6. The zero-order chi connectivity index (χ0) is 17.0. The van der Waals surface area contributed by atoms with Gasteiger partial charge in [0.2, 0.25) is 0 Å². The van der Waals surface area contributed by atoms with Gasteiger partial charge in [-0.25, -0.2) is 9.97 Å². The highest BCUT2D eigenvalue weighted by atomic mass is 35.5. The molecule has 0 atom stereocenters. The summed E-state index contributed by atoms with van der Waals surface area (Å²) in [5.41, 5.74) is 2.21. The first-order valence-electron chi connectivity index (χ1n) is 7.14. The quantitative estimate of drug-likeness (QED) is 0.829. The van der Waals surface area contributed by atoms with Crippen molar-refractivity contribution in [1.82, 2.24) is 15.0 Å². The standard InChI is InChI=1S/C15H19Cl2N5O/c1-9-13(16)15(21-10(2)20-9)19-8-11-14(17)12(4-5-18-11)22(3)6-7-23/h4-5,23H,6-8H2,1-3H3,(H,19,20,21). The summed E-state index contributed by atoms with van der Waals surface area (Å²) in [5, 5.41) is 13.2. The Bertz CT molecular complexity index is 696. The summed E-state index contributed by atoms with van der Waals surface area (Å²) in [5.74, 6) is 1.20. The van der Waals surface area contributed by atoms with Crippen LogP contribution in [-0.2, 0) is 6.54 Å². The van der Waals surface area contributed by atoms with E-state index < -0.39 is 0 Å². The van der Waals surface area contributed by atoms with Crippen LogP contribution in [0, 0.1) is 13.8 Å². The van der Waals surface area contributed by atoms with Crippen molar-refractivity contribution >= 4 is 34.7 Å². The van der Waals surface area contributed by atoms with E-state index >= 15 is 0 Å². The van der Waals surface area contributed by atoms with Gasteiger partial charge in [-0.1, -0.05) is 23.2 Å². The van der Waals surface area contributed by atoms with E-state index in [9.17, 15) is 0 Å². The average Bonchev–Trinajstić information content (AvgIpc) is 2.50. The molecular weight excluding hydrogens is 337 g/mol. The lowest BCUT2D eigenvalue weighted by Crippen LogP contribution is -2.22. The van der Waals surface area contributed by atoms with Crippen LogP contribution >= 0.6 is 23.2 Å². The van der Waals surface area contributed by atoms with E-state index in [2.05, 4.69) is 20.3 Å². The first kappa shape index (κ1) is 17.7. The van der Waals surface area contributed by atoms with Gasteiger partial charge in [-0.05, 0) is 19.9 Å². The molecule has 2 N–H and O–H groups in total. The van der Waals surface area contributed by atoms with E-state index in [4.69, 9.17) is 28.3 Å². The minimum Gasteiger partial charge on any atom is -0.395 e. The van der Waals surface area contributed by atoms with Gasteiger partial charge in [0.25, 0.3) is 0 Å². The van der Waals surface area contributed by atoms with Gasteiger partial charge in [0.1, 0.15) is 16.7 Å². The van der Waals surface area contributed by atoms with Gasteiger partial charge >= 0.3 is 0 Å². The molecule has 2 rings (SSSR count). The van der Waals surface area contributed by atoms with Crippen LogP contribution in [0.3, 0.4) is 0 Å². The van der Waals surface area contributed by atoms with Crippen molar-refractivity contribution in [2.75, 3.05) is 30.4 Å². The van der Waals surface area contributed by atoms with Crippen LogP contribution < -0.4 is 10.2 Å². The number of likely N-dealkylation sites (N-methyl/N-ethyl adjacent to an activating group) is 1. The zero-order valence-corrected chi connectivity index (χ0v) is 14.8. The molecule has 8 heteroatoms. The number of nitrogens with one attached hydrogen (secondary N) is 1. The normalized spacial score (nSPS) is 10.7. The maximum absolute atomic E-state index is 9.05. The summed E-state index contributed by atoms with van der Waals surface area (Å²) in [6, 6.07) is 1.81. The van der Waals surface area contributed by atoms with Gasteiger partial charge in [-0.15, -0.1) is 0 Å². The third kappa shape index (κ3) is 4.22. The van der Waals surface area contributed by atoms with Gasteiger partial charge in [-0.2, -0.15) is 0 Å². The van der Waals surface area contributed by atoms with E-state index in [-0.39, 0.29) is 6.61 Å². The lowest BCUT2D eigenvalue weighted by atomic mass is 10.3. The molecule has 0 saturated heterocycles. The van der Waals surface area contributed by atoms with Crippen LogP contribution in [-0.4, -0.2) is 40.3 Å². The number of hydrogen-bond donors (Lipinski definition) is 2. The molecule has 0 aliphatic heterocycles. The Morgan fingerprint density at radius 1 is 1.22 bits per heavy atom. The summed E-state index contributed by atoms with van der Waals surface area (Å²) in [6.45, 7) is 4.57. The molecule has 2 aromatic rings. The highest BCUT2D eigenvalue weighted by Gasteiger charge is 2.13. The summed E-state index contributed by atoms with van der Waals surface area (Å²) in [4.78, 5) is 14.7. The maximum Gasteiger partial charge on any atom is 0.149 e. The molecule has 0 unspecified atom stereocenters. The van der Waals surface area contributed by atoms with E-state index in [0.29, 0.717) is 40.5 Å². The van der Waals surface area contributed by atoms with E-state index in [1.807, 2.05) is 31.9 Å². The molecule has 0 fully saturated rings. The van der Waals surface area contributed by atoms with Crippen molar-refractivity contribution in [2.45, 2.75) is 20.4 Å². The molecule has 2 heterocycles. The number of hydrogen-bond acceptors (Lipinski definition) is 6. The fraction of sp³-hybridized carbons (Fsp3) is 0.400. The fourth-order valence-electron chi connectivity index (χ4n) is 2.15. The second kappa shape index (κ2) is 7.77. The molecule has 2 aromatic heterocycles. The number of aliphatic hydroxyl groups is 1. The van der Waals surface area contributed by atoms with E-state index in [1.165, 1.54) is 0 Å². The molecule has 0 spiro atoms. The number of aromatic nitrogens is 3. The number of nitrogens with zero attached hydrogens (tertiary/aromatic N) is 4. The van der Waals surface area contributed by atoms with Crippen molar-refractivity contribution in [1.29, 1.82) is 0 Å². The van der Waals surface area contributed by atoms with Crippen LogP contribution in [0.25, 0.3) is 0 Å². The second-order valence-corrected chi connectivity index (χ2v) is 5.86. The Morgan fingerprint density at radius 2 is 1.96 bits per heavy atom. The number of aryl methyl sites for hydroxylation is 2. The average molecular weight is 356 g/mol. The number of halogens is 2. The Balaban J connectivity index is 2.20. The molecule has 0 saturated carbocycles. The van der Waals surface area contributed by atoms with Crippen LogP contribution in [0.2, 0.25) is 10.0 Å². The molecule has 23 heavy (non-hydrogen) atoms. The zero-order valence-electron chi connectivity index (χ0n) is 13.3. The van der Waals surface area contributed by atoms with Gasteiger partial charge < -0.3 is 15.3 Å². The van der Waals surface area contributed by atoms with Crippen molar-refractivity contribution in [3.63, 3.8) is 0 Å². The van der Waals surface area contributed by atoms with Crippen LogP contribution in [0.15, 0.2) is 12.3 Å². The molecule has 0 aromatic carbocycles. The number of aliphatic hydroxyl groups excluding tert-OH is 1. The Kier molecular flexibility index (Phi) is 5.98. The Morgan fingerprint density at radius 3 is 2.65 bits per heavy atom. The summed E-state index contributed by atoms with van der Waals surface area (Å²) < 4.78 is 0. The number of anilines is 2. The lowest BCUT2D eigenvalue weighted by molar-refractivity contribution is 0.304. The van der Waals surface area contributed by atoms with Crippen LogP contribution in [0.5, 0.6) is 0 Å².